The molecule has 3 radical (unpaired) electrons. The van der Waals surface area contributed by atoms with E-state index >= 15 is 0 Å². The van der Waals surface area contributed by atoms with Gasteiger partial charge in [0.25, 0.3) is 0 Å². The van der Waals surface area contributed by atoms with Crippen molar-refractivity contribution in [2.24, 2.45) is 5.73 Å². The summed E-state index contributed by atoms with van der Waals surface area (Å²) < 4.78 is 0. The smallest absolute Gasteiger partial charge is 0.320 e. The predicted octanol–water partition coefficient (Wildman–Crippen LogP) is -0.232. The zero-order valence-electron chi connectivity index (χ0n) is 6.42. The van der Waals surface area contributed by atoms with E-state index in [1.54, 1.807) is 11.8 Å². The first-order valence-corrected chi connectivity index (χ1v) is 4.05. The van der Waals surface area contributed by atoms with Crippen molar-refractivity contribution in [3.05, 3.63) is 0 Å². The summed E-state index contributed by atoms with van der Waals surface area (Å²) in [4.78, 5) is 10.1. The van der Waals surface area contributed by atoms with Crippen LogP contribution in [0, 0.1) is 0 Å². The third-order valence-corrected chi connectivity index (χ3v) is 1.59. The molecule has 0 aliphatic heterocycles. The van der Waals surface area contributed by atoms with Crippen LogP contribution in [0.25, 0.3) is 0 Å². The molecule has 0 bridgehead atoms. The number of carboxylic acid groups (broad SMARTS) is 1. The zero-order chi connectivity index (χ0) is 7.28. The maximum atomic E-state index is 10.1. The second kappa shape index (κ2) is 11.1. The van der Waals surface area contributed by atoms with Crippen LogP contribution >= 0.6 is 11.8 Å². The monoisotopic (exact) mass is 228 g/mol. The third-order valence-electron chi connectivity index (χ3n) is 0.950. The molecule has 0 rings (SSSR count). The van der Waals surface area contributed by atoms with Gasteiger partial charge >= 0.3 is 5.97 Å². The second-order valence-electron chi connectivity index (χ2n) is 1.73. The third kappa shape index (κ3) is 11.1. The van der Waals surface area contributed by atoms with Gasteiger partial charge in [-0.2, -0.15) is 11.8 Å². The Bertz CT molecular complexity index is 106. The van der Waals surface area contributed by atoms with Crippen molar-refractivity contribution in [3.8, 4) is 0 Å². The summed E-state index contributed by atoms with van der Waals surface area (Å²) >= 11 is 1.60. The molecule has 3 nitrogen and oxygen atoms in total. The minimum atomic E-state index is -0.913. The minimum absolute atomic E-state index is 0. The SMILES string of the molecule is CSCC[C@H](N)C(=O)O.[Mg].[Mn]. The van der Waals surface area contributed by atoms with Gasteiger partial charge in [0, 0.05) is 40.1 Å². The molecule has 0 aromatic heterocycles. The Balaban J connectivity index is -0.000000320. The molecule has 6 heteroatoms. The summed E-state index contributed by atoms with van der Waals surface area (Å²) in [5, 5.41) is 8.27. The predicted molar refractivity (Wildman–Crippen MR) is 44.4 cm³/mol. The van der Waals surface area contributed by atoms with E-state index in [9.17, 15) is 4.79 Å². The van der Waals surface area contributed by atoms with E-state index in [1.165, 1.54) is 0 Å². The number of thioether (sulfide) groups is 1. The molecule has 11 heavy (non-hydrogen) atoms. The minimum Gasteiger partial charge on any atom is -0.480 e. The molecule has 0 heterocycles. The van der Waals surface area contributed by atoms with Crippen LogP contribution in [0.5, 0.6) is 0 Å². The van der Waals surface area contributed by atoms with Gasteiger partial charge in [-0.1, -0.05) is 0 Å². The van der Waals surface area contributed by atoms with Gasteiger partial charge in [-0.3, -0.25) is 4.79 Å². The fraction of sp³-hybridized carbons (Fsp3) is 0.800. The van der Waals surface area contributed by atoms with Crippen LogP contribution in [0.15, 0.2) is 0 Å². The number of rotatable bonds is 4. The van der Waals surface area contributed by atoms with Crippen LogP contribution < -0.4 is 5.73 Å². The van der Waals surface area contributed by atoms with Crippen LogP contribution in [0.1, 0.15) is 6.42 Å². The number of hydrogen-bond acceptors (Lipinski definition) is 3. The molecule has 0 aliphatic carbocycles. The topological polar surface area (TPSA) is 63.3 Å². The fourth-order valence-corrected chi connectivity index (χ4v) is 0.858. The molecule has 0 unspecified atom stereocenters. The van der Waals surface area contributed by atoms with Gasteiger partial charge in [-0.05, 0) is 18.4 Å². The first-order chi connectivity index (χ1) is 4.18. The average molecular weight is 228 g/mol. The molecule has 63 valence electrons. The molecule has 0 aromatic rings. The number of nitrogens with two attached hydrogens (primary N) is 1. The van der Waals surface area contributed by atoms with Gasteiger partial charge in [-0.15, -0.1) is 0 Å². The molecule has 0 amide bonds. The molecular weight excluding hydrogens is 217 g/mol. The van der Waals surface area contributed by atoms with Crippen molar-refractivity contribution in [3.63, 3.8) is 0 Å². The number of carboxylic acids is 1. The second-order valence-corrected chi connectivity index (χ2v) is 2.71. The Hall–Kier alpha value is 1.07. The summed E-state index contributed by atoms with van der Waals surface area (Å²) in [6.45, 7) is 0. The molecule has 0 aliphatic rings. The maximum Gasteiger partial charge on any atom is 0.320 e. The fourth-order valence-electron chi connectivity index (χ4n) is 0.368. The zero-order valence-corrected chi connectivity index (χ0v) is 9.83. The van der Waals surface area contributed by atoms with Crippen molar-refractivity contribution in [2.75, 3.05) is 12.0 Å². The molecule has 3 N–H and O–H groups in total. The molecule has 0 spiro atoms. The van der Waals surface area contributed by atoms with E-state index in [-0.39, 0.29) is 40.1 Å². The standard InChI is InChI=1S/C5H11NO2S.Mg.Mn/c1-9-3-2-4(6)5(7)8;;/h4H,2-3,6H2,1H3,(H,7,8);;/t4-;;/m0../s1. The quantitative estimate of drug-likeness (QED) is 0.653. The van der Waals surface area contributed by atoms with Gasteiger partial charge in [0.05, 0.1) is 0 Å². The Morgan fingerprint density at radius 3 is 2.45 bits per heavy atom. The van der Waals surface area contributed by atoms with Crippen molar-refractivity contribution in [1.82, 2.24) is 0 Å². The van der Waals surface area contributed by atoms with Crippen molar-refractivity contribution < 1.29 is 27.0 Å². The van der Waals surface area contributed by atoms with Crippen LogP contribution in [0.4, 0.5) is 0 Å². The summed E-state index contributed by atoms with van der Waals surface area (Å²) in [6.07, 6.45) is 2.48. The molecule has 0 fully saturated rings. The van der Waals surface area contributed by atoms with E-state index in [2.05, 4.69) is 0 Å². The first-order valence-electron chi connectivity index (χ1n) is 2.65. The van der Waals surface area contributed by atoms with Crippen molar-refractivity contribution in [1.29, 1.82) is 0 Å². The van der Waals surface area contributed by atoms with Gasteiger partial charge in [0.2, 0.25) is 0 Å². The molecule has 0 saturated carbocycles. The number of aliphatic carboxylic acids is 1. The van der Waals surface area contributed by atoms with Crippen LogP contribution in [0.2, 0.25) is 0 Å². The Morgan fingerprint density at radius 1 is 1.73 bits per heavy atom. The molecule has 1 atom stereocenters. The largest absolute Gasteiger partial charge is 0.480 e. The van der Waals surface area contributed by atoms with Crippen LogP contribution in [-0.2, 0) is 21.9 Å². The van der Waals surface area contributed by atoms with Crippen molar-refractivity contribution in [2.45, 2.75) is 12.5 Å². The molecular formula is C5H11MgMnNO2S. The summed E-state index contributed by atoms with van der Waals surface area (Å²) in [6, 6.07) is -0.683. The van der Waals surface area contributed by atoms with E-state index in [0.29, 0.717) is 6.42 Å². The van der Waals surface area contributed by atoms with E-state index in [0.717, 1.165) is 5.75 Å². The van der Waals surface area contributed by atoms with Gasteiger partial charge in [-0.25, -0.2) is 0 Å². The van der Waals surface area contributed by atoms with E-state index in [4.69, 9.17) is 10.8 Å². The Morgan fingerprint density at radius 2 is 2.18 bits per heavy atom. The van der Waals surface area contributed by atoms with E-state index < -0.39 is 12.0 Å². The van der Waals surface area contributed by atoms with E-state index in [1.807, 2.05) is 6.26 Å². The molecule has 0 saturated heterocycles. The summed E-state index contributed by atoms with van der Waals surface area (Å²) in [7, 11) is 0. The Labute approximate surface area is 97.5 Å². The van der Waals surface area contributed by atoms with Crippen LogP contribution in [-0.4, -0.2) is 52.2 Å². The van der Waals surface area contributed by atoms with Crippen molar-refractivity contribution >= 4 is 40.8 Å². The summed E-state index contributed by atoms with van der Waals surface area (Å²) in [5.41, 5.74) is 5.19. The number of hydrogen-bond donors (Lipinski definition) is 2. The van der Waals surface area contributed by atoms with Gasteiger partial charge < -0.3 is 10.8 Å². The summed E-state index contributed by atoms with van der Waals surface area (Å²) in [5.74, 6) is -0.1000. The average Bonchev–Trinajstić information content (AvgIpc) is 1.82. The van der Waals surface area contributed by atoms with Gasteiger partial charge in [0.1, 0.15) is 6.04 Å². The molecule has 0 aromatic carbocycles. The normalized spacial score (nSPS) is 10.7. The number of carbonyl (C=O) groups is 1. The van der Waals surface area contributed by atoms with Crippen LogP contribution in [0.3, 0.4) is 0 Å². The Kier molecular flexibility index (Phi) is 18.1. The maximum absolute atomic E-state index is 10.1. The van der Waals surface area contributed by atoms with Gasteiger partial charge in [0.15, 0.2) is 0 Å². The first kappa shape index (κ1) is 18.0.